The van der Waals surface area contributed by atoms with Crippen LogP contribution in [-0.2, 0) is 4.74 Å². The summed E-state index contributed by atoms with van der Waals surface area (Å²) in [6, 6.07) is 2.00. The maximum absolute atomic E-state index is 11.5. The minimum atomic E-state index is 0.382. The van der Waals surface area contributed by atoms with Gasteiger partial charge in [0.05, 0.1) is 31.3 Å². The van der Waals surface area contributed by atoms with E-state index in [1.165, 1.54) is 18.5 Å². The van der Waals surface area contributed by atoms with E-state index >= 15 is 0 Å². The Morgan fingerprint density at radius 1 is 1.21 bits per heavy atom. The molecule has 158 valence electrons. The predicted octanol–water partition coefficient (Wildman–Crippen LogP) is 4.05. The van der Waals surface area contributed by atoms with Gasteiger partial charge in [0.25, 0.3) is 0 Å². The molecule has 29 heavy (non-hydrogen) atoms. The SMILES string of the molecule is COCCOc1cc(C=O)c(OCC2CCCCC2c2cncn2C(C)C)cn1. The van der Waals surface area contributed by atoms with Gasteiger partial charge >= 0.3 is 0 Å². The third-order valence-corrected chi connectivity index (χ3v) is 5.53. The molecule has 1 aliphatic rings. The molecule has 0 saturated heterocycles. The van der Waals surface area contributed by atoms with E-state index in [4.69, 9.17) is 14.2 Å². The molecule has 2 heterocycles. The van der Waals surface area contributed by atoms with Crippen molar-refractivity contribution in [2.45, 2.75) is 51.5 Å². The molecular formula is C22H31N3O4. The first-order valence-electron chi connectivity index (χ1n) is 10.4. The topological polar surface area (TPSA) is 75.5 Å². The fraction of sp³-hybridized carbons (Fsp3) is 0.591. The average Bonchev–Trinajstić information content (AvgIpc) is 3.23. The number of ether oxygens (including phenoxy) is 3. The fourth-order valence-electron chi connectivity index (χ4n) is 3.99. The Bertz CT molecular complexity index is 790. The van der Waals surface area contributed by atoms with Crippen LogP contribution in [0.1, 0.15) is 67.5 Å². The van der Waals surface area contributed by atoms with Crippen LogP contribution in [-0.4, -0.2) is 47.8 Å². The lowest BCUT2D eigenvalue weighted by Crippen LogP contribution is -2.26. The van der Waals surface area contributed by atoms with Crippen LogP contribution in [0.4, 0.5) is 0 Å². The van der Waals surface area contributed by atoms with Crippen molar-refractivity contribution in [1.29, 1.82) is 0 Å². The van der Waals surface area contributed by atoms with Crippen molar-refractivity contribution >= 4 is 6.29 Å². The van der Waals surface area contributed by atoms with Crippen LogP contribution >= 0.6 is 0 Å². The third-order valence-electron chi connectivity index (χ3n) is 5.53. The molecule has 0 bridgehead atoms. The Morgan fingerprint density at radius 2 is 2.03 bits per heavy atom. The molecule has 1 saturated carbocycles. The highest BCUT2D eigenvalue weighted by atomic mass is 16.5. The lowest BCUT2D eigenvalue weighted by molar-refractivity contribution is 0.111. The number of carbonyl (C=O) groups excluding carboxylic acids is 1. The molecule has 2 atom stereocenters. The first kappa shape index (κ1) is 21.3. The lowest BCUT2D eigenvalue weighted by Gasteiger charge is -2.32. The van der Waals surface area contributed by atoms with E-state index in [0.717, 1.165) is 19.1 Å². The van der Waals surface area contributed by atoms with Crippen molar-refractivity contribution in [1.82, 2.24) is 14.5 Å². The second-order valence-electron chi connectivity index (χ2n) is 7.80. The summed E-state index contributed by atoms with van der Waals surface area (Å²) in [4.78, 5) is 20.2. The number of aromatic nitrogens is 3. The third kappa shape index (κ3) is 5.35. The molecule has 1 aliphatic carbocycles. The summed E-state index contributed by atoms with van der Waals surface area (Å²) in [5, 5.41) is 0. The van der Waals surface area contributed by atoms with Gasteiger partial charge in [0.15, 0.2) is 6.29 Å². The van der Waals surface area contributed by atoms with Crippen molar-refractivity contribution in [3.8, 4) is 11.6 Å². The molecule has 0 aromatic carbocycles. The summed E-state index contributed by atoms with van der Waals surface area (Å²) in [5.74, 6) is 1.70. The molecule has 0 N–H and O–H groups in total. The number of pyridine rings is 1. The minimum Gasteiger partial charge on any atom is -0.491 e. The van der Waals surface area contributed by atoms with E-state index in [9.17, 15) is 4.79 Å². The number of rotatable bonds is 10. The summed E-state index contributed by atoms with van der Waals surface area (Å²) >= 11 is 0. The summed E-state index contributed by atoms with van der Waals surface area (Å²) in [6.07, 6.45) is 10.9. The molecule has 0 aliphatic heterocycles. The highest BCUT2D eigenvalue weighted by Crippen LogP contribution is 2.39. The van der Waals surface area contributed by atoms with Gasteiger partial charge in [0, 0.05) is 42.9 Å². The van der Waals surface area contributed by atoms with Crippen molar-refractivity contribution in [3.05, 3.63) is 36.0 Å². The van der Waals surface area contributed by atoms with Gasteiger partial charge in [-0.3, -0.25) is 4.79 Å². The first-order chi connectivity index (χ1) is 14.1. The monoisotopic (exact) mass is 401 g/mol. The maximum atomic E-state index is 11.5. The number of methoxy groups -OCH3 is 1. The average molecular weight is 402 g/mol. The number of hydrogen-bond acceptors (Lipinski definition) is 6. The van der Waals surface area contributed by atoms with Gasteiger partial charge in [-0.05, 0) is 26.7 Å². The van der Waals surface area contributed by atoms with Gasteiger partial charge < -0.3 is 18.8 Å². The van der Waals surface area contributed by atoms with Gasteiger partial charge in [0.2, 0.25) is 5.88 Å². The van der Waals surface area contributed by atoms with E-state index in [1.807, 2.05) is 12.5 Å². The van der Waals surface area contributed by atoms with Gasteiger partial charge in [0.1, 0.15) is 12.4 Å². The maximum Gasteiger partial charge on any atom is 0.214 e. The molecule has 1 fully saturated rings. The number of imidazole rings is 1. The molecule has 2 aromatic rings. The highest BCUT2D eigenvalue weighted by molar-refractivity contribution is 5.79. The largest absolute Gasteiger partial charge is 0.491 e. The predicted molar refractivity (Wildman–Crippen MR) is 110 cm³/mol. The number of carbonyl (C=O) groups is 1. The zero-order chi connectivity index (χ0) is 20.6. The van der Waals surface area contributed by atoms with Gasteiger partial charge in [-0.25, -0.2) is 9.97 Å². The van der Waals surface area contributed by atoms with E-state index in [2.05, 4.69) is 28.4 Å². The van der Waals surface area contributed by atoms with E-state index in [-0.39, 0.29) is 0 Å². The number of nitrogens with zero attached hydrogens (tertiary/aromatic N) is 3. The zero-order valence-corrected chi connectivity index (χ0v) is 17.5. The van der Waals surface area contributed by atoms with E-state index < -0.39 is 0 Å². The molecule has 7 nitrogen and oxygen atoms in total. The van der Waals surface area contributed by atoms with Crippen LogP contribution in [0.25, 0.3) is 0 Å². The van der Waals surface area contributed by atoms with Crippen LogP contribution in [0.15, 0.2) is 24.8 Å². The Balaban J connectivity index is 1.68. The fourth-order valence-corrected chi connectivity index (χ4v) is 3.99. The van der Waals surface area contributed by atoms with Crippen LogP contribution in [0.3, 0.4) is 0 Å². The van der Waals surface area contributed by atoms with Crippen molar-refractivity contribution in [2.75, 3.05) is 26.9 Å². The molecule has 7 heteroatoms. The Labute approximate surface area is 172 Å². The molecule has 0 spiro atoms. The van der Waals surface area contributed by atoms with Crippen LogP contribution in [0.2, 0.25) is 0 Å². The minimum absolute atomic E-state index is 0.382. The highest BCUT2D eigenvalue weighted by Gasteiger charge is 2.30. The Kier molecular flexibility index (Phi) is 7.63. The van der Waals surface area contributed by atoms with Crippen LogP contribution < -0.4 is 9.47 Å². The standard InChI is InChI=1S/C22H31N3O4/c1-16(2)25-15-23-11-20(25)19-7-5-4-6-17(19)14-29-21-12-24-22(10-18(21)13-26)28-9-8-27-3/h10-13,15-17,19H,4-9,14H2,1-3H3. The second-order valence-corrected chi connectivity index (χ2v) is 7.80. The lowest BCUT2D eigenvalue weighted by atomic mass is 9.78. The van der Waals surface area contributed by atoms with Crippen LogP contribution in [0, 0.1) is 5.92 Å². The van der Waals surface area contributed by atoms with Crippen molar-refractivity contribution in [3.63, 3.8) is 0 Å². The summed E-state index contributed by atoms with van der Waals surface area (Å²) in [7, 11) is 1.61. The normalized spacial score (nSPS) is 19.3. The quantitative estimate of drug-likeness (QED) is 0.442. The van der Waals surface area contributed by atoms with Crippen molar-refractivity contribution < 1.29 is 19.0 Å². The Morgan fingerprint density at radius 3 is 2.79 bits per heavy atom. The van der Waals surface area contributed by atoms with E-state index in [1.54, 1.807) is 19.4 Å². The van der Waals surface area contributed by atoms with Crippen molar-refractivity contribution in [2.24, 2.45) is 5.92 Å². The van der Waals surface area contributed by atoms with E-state index in [0.29, 0.717) is 54.9 Å². The molecule has 2 aromatic heterocycles. The second kappa shape index (κ2) is 10.4. The molecule has 0 radical (unpaired) electrons. The number of hydrogen-bond donors (Lipinski definition) is 0. The smallest absolute Gasteiger partial charge is 0.214 e. The zero-order valence-electron chi connectivity index (χ0n) is 17.5. The number of aldehydes is 1. The summed E-state index contributed by atoms with van der Waals surface area (Å²) in [5.41, 5.74) is 1.73. The molecule has 0 amide bonds. The Hall–Kier alpha value is -2.41. The van der Waals surface area contributed by atoms with Crippen LogP contribution in [0.5, 0.6) is 11.6 Å². The molecule has 2 unspecified atom stereocenters. The first-order valence-corrected chi connectivity index (χ1v) is 10.4. The van der Waals surface area contributed by atoms with Gasteiger partial charge in [-0.15, -0.1) is 0 Å². The summed E-state index contributed by atoms with van der Waals surface area (Å²) in [6.45, 7) is 5.76. The molecule has 3 rings (SSSR count). The molecular weight excluding hydrogens is 370 g/mol. The van der Waals surface area contributed by atoms with Gasteiger partial charge in [-0.1, -0.05) is 12.8 Å². The van der Waals surface area contributed by atoms with Gasteiger partial charge in [-0.2, -0.15) is 0 Å². The summed E-state index contributed by atoms with van der Waals surface area (Å²) < 4.78 is 18.8.